The normalized spacial score (nSPS) is 11.0. The van der Waals surface area contributed by atoms with Gasteiger partial charge >= 0.3 is 0 Å². The summed E-state index contributed by atoms with van der Waals surface area (Å²) in [4.78, 5) is 35.2. The first-order valence-corrected chi connectivity index (χ1v) is 7.39. The van der Waals surface area contributed by atoms with Crippen molar-refractivity contribution in [1.82, 2.24) is 10.2 Å². The minimum absolute atomic E-state index is 0.0610. The first-order valence-electron chi connectivity index (χ1n) is 7.39. The van der Waals surface area contributed by atoms with Crippen LogP contribution in [0, 0.1) is 0 Å². The molecule has 7 nitrogen and oxygen atoms in total. The molecular weight excluding hydrogens is 288 g/mol. The lowest BCUT2D eigenvalue weighted by molar-refractivity contribution is -0.124. The number of rotatable bonds is 13. The number of ketones is 2. The first-order chi connectivity index (χ1) is 10.3. The maximum Gasteiger partial charge on any atom is 0.234 e. The van der Waals surface area contributed by atoms with Crippen LogP contribution in [0.2, 0.25) is 0 Å². The molecule has 1 amide bonds. The molecule has 0 atom stereocenters. The Morgan fingerprint density at radius 1 is 0.955 bits per heavy atom. The molecule has 0 spiro atoms. The van der Waals surface area contributed by atoms with Crippen LogP contribution >= 0.6 is 0 Å². The van der Waals surface area contributed by atoms with Crippen LogP contribution in [0.1, 0.15) is 26.7 Å². The Morgan fingerprint density at radius 2 is 1.41 bits per heavy atom. The molecular formula is C15H28N2O5. The lowest BCUT2D eigenvalue weighted by Crippen LogP contribution is -2.45. The molecule has 0 aromatic carbocycles. The molecule has 0 aliphatic heterocycles. The van der Waals surface area contributed by atoms with Crippen LogP contribution in [0.25, 0.3) is 0 Å². The average molecular weight is 316 g/mol. The van der Waals surface area contributed by atoms with Gasteiger partial charge in [0.15, 0.2) is 0 Å². The van der Waals surface area contributed by atoms with Crippen molar-refractivity contribution in [3.63, 3.8) is 0 Å². The number of Topliss-reactive ketones (excluding diaryl/α,β-unsaturated/α-hetero) is 2. The number of hydrogen-bond acceptors (Lipinski definition) is 6. The Hall–Kier alpha value is -1.31. The van der Waals surface area contributed by atoms with Crippen molar-refractivity contribution < 1.29 is 23.9 Å². The maximum absolute atomic E-state index is 11.8. The van der Waals surface area contributed by atoms with Gasteiger partial charge in [0.1, 0.15) is 11.6 Å². The molecule has 0 fully saturated rings. The van der Waals surface area contributed by atoms with E-state index in [-0.39, 0.29) is 43.3 Å². The van der Waals surface area contributed by atoms with E-state index >= 15 is 0 Å². The third-order valence-electron chi connectivity index (χ3n) is 2.66. The van der Waals surface area contributed by atoms with E-state index in [9.17, 15) is 14.4 Å². The van der Waals surface area contributed by atoms with E-state index in [1.807, 2.05) is 0 Å². The number of hydrogen-bond donors (Lipinski definition) is 1. The number of likely N-dealkylation sites (N-methyl/N-ethyl adjacent to an activating group) is 1. The molecule has 0 bridgehead atoms. The average Bonchev–Trinajstić information content (AvgIpc) is 2.37. The zero-order valence-electron chi connectivity index (χ0n) is 14.0. The summed E-state index contributed by atoms with van der Waals surface area (Å²) < 4.78 is 10.8. The zero-order valence-corrected chi connectivity index (χ0v) is 14.0. The van der Waals surface area contributed by atoms with Crippen LogP contribution in [-0.2, 0) is 23.9 Å². The van der Waals surface area contributed by atoms with Gasteiger partial charge in [-0.05, 0) is 27.9 Å². The van der Waals surface area contributed by atoms with Crippen molar-refractivity contribution in [2.24, 2.45) is 0 Å². The van der Waals surface area contributed by atoms with Crippen LogP contribution in [0.3, 0.4) is 0 Å². The predicted octanol–water partition coefficient (Wildman–Crippen LogP) is 0.0242. The number of ether oxygens (including phenoxy) is 2. The molecule has 0 aliphatic carbocycles. The quantitative estimate of drug-likeness (QED) is 0.482. The van der Waals surface area contributed by atoms with Crippen molar-refractivity contribution >= 4 is 17.5 Å². The third kappa shape index (κ3) is 13.7. The van der Waals surface area contributed by atoms with Crippen molar-refractivity contribution in [2.75, 3.05) is 47.1 Å². The largest absolute Gasteiger partial charge is 0.379 e. The number of carbonyl (C=O) groups is 3. The minimum Gasteiger partial charge on any atom is -0.379 e. The van der Waals surface area contributed by atoms with Gasteiger partial charge < -0.3 is 19.7 Å². The van der Waals surface area contributed by atoms with Gasteiger partial charge in [0.2, 0.25) is 5.91 Å². The molecule has 1 N–H and O–H groups in total. The second-order valence-corrected chi connectivity index (χ2v) is 5.56. The summed E-state index contributed by atoms with van der Waals surface area (Å²) in [6, 6.07) is -0.300. The van der Waals surface area contributed by atoms with Crippen LogP contribution in [0.5, 0.6) is 0 Å². The number of nitrogens with one attached hydrogen (secondary N) is 1. The Kier molecular flexibility index (Phi) is 11.5. The third-order valence-corrected chi connectivity index (χ3v) is 2.66. The SMILES string of the molecule is CC(=O)CCOCC(COCCC(C)=O)NC(=O)CN(C)C. The molecule has 0 heterocycles. The fraction of sp³-hybridized carbons (Fsp3) is 0.800. The van der Waals surface area contributed by atoms with E-state index < -0.39 is 0 Å². The van der Waals surface area contributed by atoms with Crippen molar-refractivity contribution in [2.45, 2.75) is 32.7 Å². The number of amides is 1. The molecule has 0 saturated heterocycles. The monoisotopic (exact) mass is 316 g/mol. The van der Waals surface area contributed by atoms with E-state index in [0.717, 1.165) is 0 Å². The molecule has 0 saturated carbocycles. The summed E-state index contributed by atoms with van der Waals surface area (Å²) in [5.41, 5.74) is 0. The van der Waals surface area contributed by atoms with Crippen LogP contribution in [-0.4, -0.2) is 75.5 Å². The highest BCUT2D eigenvalue weighted by molar-refractivity contribution is 5.78. The molecule has 0 aliphatic rings. The van der Waals surface area contributed by atoms with Crippen molar-refractivity contribution in [3.8, 4) is 0 Å². The van der Waals surface area contributed by atoms with Crippen molar-refractivity contribution in [3.05, 3.63) is 0 Å². The summed E-state index contributed by atoms with van der Waals surface area (Å²) >= 11 is 0. The van der Waals surface area contributed by atoms with Gasteiger partial charge in [-0.15, -0.1) is 0 Å². The van der Waals surface area contributed by atoms with Gasteiger partial charge in [0, 0.05) is 12.8 Å². The summed E-state index contributed by atoms with van der Waals surface area (Å²) in [6.45, 7) is 4.47. The van der Waals surface area contributed by atoms with Crippen LogP contribution < -0.4 is 5.32 Å². The van der Waals surface area contributed by atoms with Crippen LogP contribution in [0.4, 0.5) is 0 Å². The van der Waals surface area contributed by atoms with Gasteiger partial charge in [-0.2, -0.15) is 0 Å². The van der Waals surface area contributed by atoms with Gasteiger partial charge in [0.25, 0.3) is 0 Å². The molecule has 0 rings (SSSR count). The Morgan fingerprint density at radius 3 is 1.77 bits per heavy atom. The maximum atomic E-state index is 11.8. The lowest BCUT2D eigenvalue weighted by Gasteiger charge is -2.20. The fourth-order valence-corrected chi connectivity index (χ4v) is 1.57. The molecule has 0 unspecified atom stereocenters. The van der Waals surface area contributed by atoms with Crippen LogP contribution in [0.15, 0.2) is 0 Å². The standard InChI is InChI=1S/C15H28N2O5/c1-12(18)5-7-21-10-14(11-22-8-6-13(2)19)16-15(20)9-17(3)4/h14H,5-11H2,1-4H3,(H,16,20). The van der Waals surface area contributed by atoms with E-state index in [1.54, 1.807) is 19.0 Å². The van der Waals surface area contributed by atoms with Gasteiger partial charge in [-0.3, -0.25) is 14.4 Å². The minimum atomic E-state index is -0.300. The Balaban J connectivity index is 4.14. The highest BCUT2D eigenvalue weighted by Crippen LogP contribution is 1.94. The fourth-order valence-electron chi connectivity index (χ4n) is 1.57. The van der Waals surface area contributed by atoms with E-state index in [4.69, 9.17) is 9.47 Å². The molecule has 7 heteroatoms. The Bertz CT molecular complexity index is 336. The van der Waals surface area contributed by atoms with Gasteiger partial charge in [-0.25, -0.2) is 0 Å². The molecule has 128 valence electrons. The van der Waals surface area contributed by atoms with Crippen molar-refractivity contribution in [1.29, 1.82) is 0 Å². The summed E-state index contributed by atoms with van der Waals surface area (Å²) in [7, 11) is 3.61. The Labute approximate surface area is 132 Å². The topological polar surface area (TPSA) is 84.9 Å². The van der Waals surface area contributed by atoms with Gasteiger partial charge in [-0.1, -0.05) is 0 Å². The number of carbonyl (C=O) groups excluding carboxylic acids is 3. The summed E-state index contributed by atoms with van der Waals surface area (Å²) in [5, 5.41) is 2.82. The first kappa shape index (κ1) is 20.7. The molecule has 0 aromatic rings. The molecule has 0 aromatic heterocycles. The van der Waals surface area contributed by atoms with E-state index in [1.165, 1.54) is 13.8 Å². The highest BCUT2D eigenvalue weighted by Gasteiger charge is 2.14. The smallest absolute Gasteiger partial charge is 0.234 e. The predicted molar refractivity (Wildman–Crippen MR) is 82.7 cm³/mol. The number of nitrogens with zero attached hydrogens (tertiary/aromatic N) is 1. The summed E-state index contributed by atoms with van der Waals surface area (Å²) in [5.74, 6) is -0.00265. The summed E-state index contributed by atoms with van der Waals surface area (Å²) in [6.07, 6.45) is 0.702. The molecule has 22 heavy (non-hydrogen) atoms. The second kappa shape index (κ2) is 12.3. The lowest BCUT2D eigenvalue weighted by atomic mass is 10.3. The highest BCUT2D eigenvalue weighted by atomic mass is 16.5. The van der Waals surface area contributed by atoms with E-state index in [2.05, 4.69) is 5.32 Å². The van der Waals surface area contributed by atoms with E-state index in [0.29, 0.717) is 26.1 Å². The zero-order chi connectivity index (χ0) is 17.0. The molecule has 0 radical (unpaired) electrons. The second-order valence-electron chi connectivity index (χ2n) is 5.56. The van der Waals surface area contributed by atoms with Gasteiger partial charge in [0.05, 0.1) is 39.0 Å².